The number of pyridine rings is 1. The van der Waals surface area contributed by atoms with Crippen LogP contribution in [-0.4, -0.2) is 28.5 Å². The van der Waals surface area contributed by atoms with E-state index in [1.165, 1.54) is 0 Å². The number of nitrogens with one attached hydrogen (secondary N) is 4. The molecule has 7 heteroatoms. The highest BCUT2D eigenvalue weighted by Gasteiger charge is 2.23. The third-order valence-electron chi connectivity index (χ3n) is 6.02. The van der Waals surface area contributed by atoms with Crippen LogP contribution in [0.5, 0.6) is 0 Å². The molecule has 1 aliphatic rings. The Hall–Kier alpha value is -2.90. The number of nitrogens with zero attached hydrogens (tertiary/aromatic N) is 1. The van der Waals surface area contributed by atoms with Gasteiger partial charge in [-0.1, -0.05) is 0 Å². The molecule has 0 aliphatic carbocycles. The minimum Gasteiger partial charge on any atom is -0.348 e. The lowest BCUT2D eigenvalue weighted by molar-refractivity contribution is 0.0952. The molecule has 1 fully saturated rings. The molecular weight excluding hydrogens is 390 g/mol. The first-order valence-electron chi connectivity index (χ1n) is 10.9. The Morgan fingerprint density at radius 3 is 2.48 bits per heavy atom. The maximum Gasteiger partial charge on any atom is 0.253 e. The minimum atomic E-state index is -0.172. The number of aromatic amines is 1. The number of benzene rings is 1. The van der Waals surface area contributed by atoms with E-state index in [2.05, 4.69) is 51.6 Å². The van der Waals surface area contributed by atoms with Gasteiger partial charge in [-0.25, -0.2) is 0 Å². The number of hydrogen-bond acceptors (Lipinski definition) is 4. The number of amides is 1. The van der Waals surface area contributed by atoms with Crippen LogP contribution in [0.4, 0.5) is 0 Å². The molecule has 3 aromatic rings. The summed E-state index contributed by atoms with van der Waals surface area (Å²) in [6.45, 7) is 12.1. The van der Waals surface area contributed by atoms with Crippen LogP contribution in [0.2, 0.25) is 0 Å². The van der Waals surface area contributed by atoms with Crippen LogP contribution < -0.4 is 21.5 Å². The van der Waals surface area contributed by atoms with Crippen LogP contribution in [0, 0.1) is 20.8 Å². The predicted molar refractivity (Wildman–Crippen MR) is 124 cm³/mol. The van der Waals surface area contributed by atoms with E-state index in [4.69, 9.17) is 0 Å². The Morgan fingerprint density at radius 2 is 1.84 bits per heavy atom. The lowest BCUT2D eigenvalue weighted by atomic mass is 10.0. The van der Waals surface area contributed by atoms with E-state index < -0.39 is 0 Å². The van der Waals surface area contributed by atoms with Gasteiger partial charge in [-0.15, -0.1) is 0 Å². The zero-order valence-electron chi connectivity index (χ0n) is 18.8. The van der Waals surface area contributed by atoms with Crippen LogP contribution in [0.25, 0.3) is 10.9 Å². The highest BCUT2D eigenvalue weighted by Crippen LogP contribution is 2.31. The molecule has 0 radical (unpaired) electrons. The fraction of sp³-hybridized carbons (Fsp3) is 0.417. The number of fused-ring (bicyclic) bond motifs is 1. The fourth-order valence-electron chi connectivity index (χ4n) is 4.49. The Kier molecular flexibility index (Phi) is 5.73. The van der Waals surface area contributed by atoms with Gasteiger partial charge in [-0.05, 0) is 69.5 Å². The molecule has 7 nitrogen and oxygen atoms in total. The van der Waals surface area contributed by atoms with Gasteiger partial charge in [0.25, 0.3) is 11.5 Å². The van der Waals surface area contributed by atoms with Crippen LogP contribution in [0.3, 0.4) is 0 Å². The number of rotatable bonds is 5. The number of aromatic nitrogens is 2. The van der Waals surface area contributed by atoms with Gasteiger partial charge >= 0.3 is 0 Å². The van der Waals surface area contributed by atoms with Gasteiger partial charge in [-0.2, -0.15) is 0 Å². The van der Waals surface area contributed by atoms with Crippen molar-refractivity contribution < 1.29 is 4.79 Å². The van der Waals surface area contributed by atoms with Crippen molar-refractivity contribution >= 4 is 16.8 Å². The van der Waals surface area contributed by atoms with Crippen LogP contribution in [0.15, 0.2) is 29.2 Å². The van der Waals surface area contributed by atoms with Crippen LogP contribution in [-0.2, 0) is 6.54 Å². The molecule has 2 aromatic heterocycles. The smallest absolute Gasteiger partial charge is 0.253 e. The lowest BCUT2D eigenvalue weighted by Gasteiger charge is -2.17. The molecule has 4 N–H and O–H groups in total. The zero-order chi connectivity index (χ0) is 22.3. The van der Waals surface area contributed by atoms with Gasteiger partial charge < -0.3 is 14.9 Å². The quantitative estimate of drug-likeness (QED) is 0.510. The van der Waals surface area contributed by atoms with Gasteiger partial charge in [0.05, 0.1) is 6.17 Å². The number of H-pyrrole nitrogens is 1. The second-order valence-corrected chi connectivity index (χ2v) is 8.74. The topological polar surface area (TPSA) is 90.9 Å². The summed E-state index contributed by atoms with van der Waals surface area (Å²) in [5.41, 5.74) is 5.92. The van der Waals surface area contributed by atoms with Crippen molar-refractivity contribution in [3.63, 3.8) is 0 Å². The summed E-state index contributed by atoms with van der Waals surface area (Å²) < 4.78 is 2.22. The van der Waals surface area contributed by atoms with Crippen molar-refractivity contribution in [3.8, 4) is 0 Å². The van der Waals surface area contributed by atoms with Crippen molar-refractivity contribution in [2.75, 3.05) is 13.1 Å². The Labute approximate surface area is 182 Å². The first-order chi connectivity index (χ1) is 14.8. The molecule has 0 atom stereocenters. The Bertz CT molecular complexity index is 1200. The first-order valence-corrected chi connectivity index (χ1v) is 10.9. The monoisotopic (exact) mass is 421 g/mol. The molecule has 0 spiro atoms. The maximum absolute atomic E-state index is 13.3. The van der Waals surface area contributed by atoms with Crippen molar-refractivity contribution in [2.24, 2.45) is 0 Å². The molecule has 3 heterocycles. The second kappa shape index (κ2) is 8.32. The SMILES string of the molecule is Cc1cc(C)c(CNC(=O)c2cc(C3NCCN3)cc3c2c(C)cn3C(C)C)c(=O)[nH]1. The summed E-state index contributed by atoms with van der Waals surface area (Å²) in [5.74, 6) is -0.172. The van der Waals surface area contributed by atoms with Gasteiger partial charge in [-0.3, -0.25) is 20.2 Å². The molecule has 0 unspecified atom stereocenters. The third-order valence-corrected chi connectivity index (χ3v) is 6.02. The minimum absolute atomic E-state index is 0.0222. The number of hydrogen-bond donors (Lipinski definition) is 4. The summed E-state index contributed by atoms with van der Waals surface area (Å²) >= 11 is 0. The highest BCUT2D eigenvalue weighted by atomic mass is 16.1. The van der Waals surface area contributed by atoms with Gasteiger partial charge in [0.1, 0.15) is 0 Å². The standard InChI is InChI=1S/C24H31N5O2/c1-13(2)29-12-15(4)21-18(9-17(10-20(21)29)22-25-6-7-26-22)23(30)27-11-19-14(3)8-16(5)28-24(19)31/h8-10,12-13,22,25-26H,6-7,11H2,1-5H3,(H,27,30)(H,28,31). The zero-order valence-corrected chi connectivity index (χ0v) is 18.8. The molecule has 1 aliphatic heterocycles. The van der Waals surface area contributed by atoms with Gasteiger partial charge in [0, 0.05) is 59.6 Å². The van der Waals surface area contributed by atoms with Crippen molar-refractivity contribution in [3.05, 3.63) is 68.3 Å². The summed E-state index contributed by atoms with van der Waals surface area (Å²) in [5, 5.41) is 10.8. The average molecular weight is 422 g/mol. The van der Waals surface area contributed by atoms with Crippen molar-refractivity contribution in [2.45, 2.75) is 53.4 Å². The lowest BCUT2D eigenvalue weighted by Crippen LogP contribution is -2.28. The van der Waals surface area contributed by atoms with Crippen molar-refractivity contribution in [1.82, 2.24) is 25.5 Å². The highest BCUT2D eigenvalue weighted by molar-refractivity contribution is 6.08. The summed E-state index contributed by atoms with van der Waals surface area (Å²) in [6.07, 6.45) is 2.13. The number of carbonyl (C=O) groups is 1. The Balaban J connectivity index is 1.75. The van der Waals surface area contributed by atoms with Crippen LogP contribution >= 0.6 is 0 Å². The summed E-state index contributed by atoms with van der Waals surface area (Å²) in [7, 11) is 0. The number of aryl methyl sites for hydroxylation is 3. The molecule has 164 valence electrons. The molecule has 1 aromatic carbocycles. The van der Waals surface area contributed by atoms with E-state index in [0.717, 1.165) is 46.4 Å². The van der Waals surface area contributed by atoms with Gasteiger partial charge in [0.2, 0.25) is 0 Å². The van der Waals surface area contributed by atoms with Gasteiger partial charge in [0.15, 0.2) is 0 Å². The third kappa shape index (κ3) is 4.03. The van der Waals surface area contributed by atoms with E-state index in [0.29, 0.717) is 11.1 Å². The maximum atomic E-state index is 13.3. The van der Waals surface area contributed by atoms with E-state index >= 15 is 0 Å². The second-order valence-electron chi connectivity index (χ2n) is 8.74. The molecule has 4 rings (SSSR count). The first kappa shape index (κ1) is 21.3. The number of carbonyl (C=O) groups excluding carboxylic acids is 1. The average Bonchev–Trinajstić information content (AvgIpc) is 3.35. The largest absolute Gasteiger partial charge is 0.348 e. The fourth-order valence-corrected chi connectivity index (χ4v) is 4.49. The van der Waals surface area contributed by atoms with Crippen molar-refractivity contribution in [1.29, 1.82) is 0 Å². The van der Waals surface area contributed by atoms with Crippen LogP contribution in [0.1, 0.15) is 64.4 Å². The normalized spacial score (nSPS) is 14.6. The van der Waals surface area contributed by atoms with E-state index in [-0.39, 0.29) is 30.2 Å². The molecular formula is C24H31N5O2. The van der Waals surface area contributed by atoms with E-state index in [1.54, 1.807) is 0 Å². The Morgan fingerprint density at radius 1 is 1.13 bits per heavy atom. The molecule has 0 bridgehead atoms. The summed E-state index contributed by atoms with van der Waals surface area (Å²) in [6, 6.07) is 6.34. The van der Waals surface area contributed by atoms with E-state index in [1.807, 2.05) is 32.9 Å². The molecule has 0 saturated carbocycles. The molecule has 1 amide bonds. The predicted octanol–water partition coefficient (Wildman–Crippen LogP) is 2.96. The molecule has 31 heavy (non-hydrogen) atoms. The van der Waals surface area contributed by atoms with E-state index in [9.17, 15) is 9.59 Å². The molecule has 1 saturated heterocycles. The summed E-state index contributed by atoms with van der Waals surface area (Å²) in [4.78, 5) is 28.5.